The van der Waals surface area contributed by atoms with E-state index in [2.05, 4.69) is 20.8 Å². The van der Waals surface area contributed by atoms with Crippen LogP contribution in [0.3, 0.4) is 0 Å². The number of carbonyl (C=O) groups excluding carboxylic acids is 2. The molecule has 3 unspecified atom stereocenters. The third-order valence-corrected chi connectivity index (χ3v) is 5.99. The number of aliphatic carboxylic acids is 1. The van der Waals surface area contributed by atoms with Gasteiger partial charge in [0.15, 0.2) is 6.10 Å². The molecule has 10 heteroatoms. The highest BCUT2D eigenvalue weighted by molar-refractivity contribution is 5.74. The van der Waals surface area contributed by atoms with Gasteiger partial charge in [-0.3, -0.25) is 9.78 Å². The molecule has 10 nitrogen and oxygen atoms in total. The van der Waals surface area contributed by atoms with Gasteiger partial charge in [-0.15, -0.1) is 9.78 Å². The van der Waals surface area contributed by atoms with Crippen molar-refractivity contribution >= 4 is 17.9 Å². The molecule has 3 atom stereocenters. The highest BCUT2D eigenvalue weighted by Crippen LogP contribution is 2.29. The third kappa shape index (κ3) is 16.8. The molecule has 0 radical (unpaired) electrons. The number of carbonyl (C=O) groups is 3. The molecule has 0 aliphatic rings. The maximum absolute atomic E-state index is 12.7. The lowest BCUT2D eigenvalue weighted by Gasteiger charge is -2.31. The Morgan fingerprint density at radius 3 is 1.95 bits per heavy atom. The van der Waals surface area contributed by atoms with Crippen LogP contribution in [0, 0.1) is 22.7 Å². The summed E-state index contributed by atoms with van der Waals surface area (Å²) >= 11 is 0. The highest BCUT2D eigenvalue weighted by Gasteiger charge is 2.43. The Kier molecular flexibility index (Phi) is 17.0. The van der Waals surface area contributed by atoms with Gasteiger partial charge in [-0.05, 0) is 57.8 Å². The van der Waals surface area contributed by atoms with Gasteiger partial charge >= 0.3 is 17.9 Å². The van der Waals surface area contributed by atoms with Crippen LogP contribution in [0.25, 0.3) is 0 Å². The highest BCUT2D eigenvalue weighted by atomic mass is 17.3. The first-order chi connectivity index (χ1) is 18.0. The molecule has 0 aliphatic heterocycles. The van der Waals surface area contributed by atoms with Gasteiger partial charge in [0.1, 0.15) is 6.61 Å². The average molecular weight is 563 g/mol. The molecule has 0 aromatic heterocycles. The summed E-state index contributed by atoms with van der Waals surface area (Å²) in [7, 11) is 0. The Balaban J connectivity index is 5.60. The number of carboxylic acid groups (broad SMARTS) is 1. The van der Waals surface area contributed by atoms with Crippen molar-refractivity contribution in [3.05, 3.63) is 0 Å². The fourth-order valence-electron chi connectivity index (χ4n) is 3.58. The van der Waals surface area contributed by atoms with Crippen LogP contribution < -0.4 is 0 Å². The van der Waals surface area contributed by atoms with E-state index in [-0.39, 0.29) is 30.1 Å². The van der Waals surface area contributed by atoms with Gasteiger partial charge in [0.2, 0.25) is 0 Å². The van der Waals surface area contributed by atoms with Gasteiger partial charge in [-0.25, -0.2) is 24.2 Å². The van der Waals surface area contributed by atoms with Crippen LogP contribution in [0.15, 0.2) is 0 Å². The first kappa shape index (κ1) is 37.2. The number of unbranched alkanes of at least 4 members (excludes halogenated alkanes) is 2. The SMILES string of the molecule is CCCCC(CC)C(=O)OOC(COOC(CCCCC(C)(C)C)C(=O)O)(CC(C)C)OOC(=O)C(C)(C)C. The molecule has 0 rings (SSSR count). The molecule has 0 bridgehead atoms. The zero-order chi connectivity index (χ0) is 30.3. The molecule has 0 aromatic carbocycles. The van der Waals surface area contributed by atoms with Crippen molar-refractivity contribution in [1.82, 2.24) is 0 Å². The molecule has 0 heterocycles. The molecule has 0 aromatic rings. The van der Waals surface area contributed by atoms with E-state index in [0.29, 0.717) is 19.3 Å². The van der Waals surface area contributed by atoms with Crippen LogP contribution in [-0.4, -0.2) is 41.5 Å². The molecule has 0 aliphatic carbocycles. The quantitative estimate of drug-likeness (QED) is 0.0720. The number of hydrogen-bond donors (Lipinski definition) is 1. The van der Waals surface area contributed by atoms with E-state index < -0.39 is 41.8 Å². The van der Waals surface area contributed by atoms with Crippen molar-refractivity contribution < 1.29 is 48.8 Å². The molecular formula is C29H54O10. The second-order valence-corrected chi connectivity index (χ2v) is 12.9. The molecule has 0 amide bonds. The standard InChI is InChI=1S/C29H54O10/c1-11-13-16-22(12-2)25(32)36-38-29(19-21(3)4,39-37-26(33)28(8,9)10)20-34-35-23(24(30)31)17-14-15-18-27(5,6)7/h21-23H,11-20H2,1-10H3,(H,30,31). The minimum absolute atomic E-state index is 0.0795. The summed E-state index contributed by atoms with van der Waals surface area (Å²) in [5.74, 6) is -4.77. The maximum Gasteiger partial charge on any atom is 0.347 e. The van der Waals surface area contributed by atoms with Crippen LogP contribution in [0.2, 0.25) is 0 Å². The van der Waals surface area contributed by atoms with Gasteiger partial charge in [0.25, 0.3) is 5.79 Å². The molecule has 230 valence electrons. The van der Waals surface area contributed by atoms with Gasteiger partial charge in [0, 0.05) is 6.42 Å². The van der Waals surface area contributed by atoms with Crippen LogP contribution in [0.4, 0.5) is 0 Å². The van der Waals surface area contributed by atoms with E-state index in [1.807, 2.05) is 27.7 Å². The van der Waals surface area contributed by atoms with E-state index in [4.69, 9.17) is 29.3 Å². The van der Waals surface area contributed by atoms with Gasteiger partial charge < -0.3 is 5.11 Å². The Hall–Kier alpha value is -1.75. The van der Waals surface area contributed by atoms with Crippen molar-refractivity contribution in [3.63, 3.8) is 0 Å². The van der Waals surface area contributed by atoms with E-state index in [1.165, 1.54) is 0 Å². The fraction of sp³-hybridized carbons (Fsp3) is 0.897. The first-order valence-electron chi connectivity index (χ1n) is 14.3. The Labute approximate surface area is 235 Å². The summed E-state index contributed by atoms with van der Waals surface area (Å²) in [6, 6.07) is 0. The predicted molar refractivity (Wildman–Crippen MR) is 146 cm³/mol. The van der Waals surface area contributed by atoms with Gasteiger partial charge in [0.05, 0.1) is 11.3 Å². The fourth-order valence-corrected chi connectivity index (χ4v) is 3.58. The summed E-state index contributed by atoms with van der Waals surface area (Å²) in [5, 5.41) is 9.60. The van der Waals surface area contributed by atoms with Crippen molar-refractivity contribution in [1.29, 1.82) is 0 Å². The van der Waals surface area contributed by atoms with Crippen LogP contribution >= 0.6 is 0 Å². The molecule has 0 saturated carbocycles. The molecule has 0 spiro atoms. The van der Waals surface area contributed by atoms with Crippen molar-refractivity contribution in [2.24, 2.45) is 22.7 Å². The third-order valence-electron chi connectivity index (χ3n) is 5.99. The van der Waals surface area contributed by atoms with Crippen LogP contribution in [0.5, 0.6) is 0 Å². The largest absolute Gasteiger partial charge is 0.479 e. The Morgan fingerprint density at radius 2 is 1.46 bits per heavy atom. The van der Waals surface area contributed by atoms with Crippen LogP contribution in [0.1, 0.15) is 127 Å². The van der Waals surface area contributed by atoms with E-state index >= 15 is 0 Å². The van der Waals surface area contributed by atoms with E-state index in [9.17, 15) is 19.5 Å². The number of hydrogen-bond acceptors (Lipinski definition) is 9. The minimum Gasteiger partial charge on any atom is -0.479 e. The lowest BCUT2D eigenvalue weighted by molar-refractivity contribution is -0.509. The average Bonchev–Trinajstić information content (AvgIpc) is 2.81. The van der Waals surface area contributed by atoms with Crippen LogP contribution in [-0.2, 0) is 43.7 Å². The molecule has 0 fully saturated rings. The lowest BCUT2D eigenvalue weighted by Crippen LogP contribution is -2.45. The Morgan fingerprint density at radius 1 is 0.846 bits per heavy atom. The first-order valence-corrected chi connectivity index (χ1v) is 14.3. The zero-order valence-corrected chi connectivity index (χ0v) is 25.9. The summed E-state index contributed by atoms with van der Waals surface area (Å²) < 4.78 is 0. The van der Waals surface area contributed by atoms with Gasteiger partial charge in [-0.2, -0.15) is 0 Å². The van der Waals surface area contributed by atoms with E-state index in [0.717, 1.165) is 25.7 Å². The monoisotopic (exact) mass is 562 g/mol. The number of carboxylic acids is 1. The summed E-state index contributed by atoms with van der Waals surface area (Å²) in [6.45, 7) is 18.5. The van der Waals surface area contributed by atoms with Crippen molar-refractivity contribution in [2.45, 2.75) is 139 Å². The summed E-state index contributed by atoms with van der Waals surface area (Å²) in [5.41, 5.74) is -0.733. The second-order valence-electron chi connectivity index (χ2n) is 12.9. The minimum atomic E-state index is -1.89. The Bertz CT molecular complexity index is 723. The lowest BCUT2D eigenvalue weighted by atomic mass is 9.89. The van der Waals surface area contributed by atoms with Crippen molar-refractivity contribution in [2.75, 3.05) is 6.61 Å². The topological polar surface area (TPSA) is 127 Å². The van der Waals surface area contributed by atoms with E-state index in [1.54, 1.807) is 20.8 Å². The molecule has 1 N–H and O–H groups in total. The number of rotatable bonds is 20. The molecular weight excluding hydrogens is 508 g/mol. The van der Waals surface area contributed by atoms with Gasteiger partial charge in [-0.1, -0.05) is 74.1 Å². The zero-order valence-electron chi connectivity index (χ0n) is 25.9. The summed E-state index contributed by atoms with van der Waals surface area (Å²) in [6.07, 6.45) is 4.52. The second kappa shape index (κ2) is 17.8. The predicted octanol–water partition coefficient (Wildman–Crippen LogP) is 6.95. The summed E-state index contributed by atoms with van der Waals surface area (Å²) in [4.78, 5) is 68.7. The molecule has 39 heavy (non-hydrogen) atoms. The maximum atomic E-state index is 12.7. The normalized spacial score (nSPS) is 15.5. The smallest absolute Gasteiger partial charge is 0.347 e. The van der Waals surface area contributed by atoms with Crippen molar-refractivity contribution in [3.8, 4) is 0 Å². The molecule has 0 saturated heterocycles.